The lowest BCUT2D eigenvalue weighted by Gasteiger charge is -2.51. The highest BCUT2D eigenvalue weighted by Crippen LogP contribution is 2.47. The summed E-state index contributed by atoms with van der Waals surface area (Å²) in [6.07, 6.45) is 9.79. The number of hydrogen-bond donors (Lipinski definition) is 2. The number of halogens is 2. The Kier molecular flexibility index (Phi) is 13.7. The van der Waals surface area contributed by atoms with E-state index in [-0.39, 0.29) is 29.2 Å². The van der Waals surface area contributed by atoms with E-state index in [2.05, 4.69) is 51.0 Å². The van der Waals surface area contributed by atoms with Gasteiger partial charge in [-0.05, 0) is 124 Å². The number of methoxy groups -OCH3 is 1. The maximum absolute atomic E-state index is 14.5. The second-order valence-corrected chi connectivity index (χ2v) is 18.6. The molecule has 3 heterocycles. The predicted molar refractivity (Wildman–Crippen MR) is 215 cm³/mol. The number of ether oxygens (including phenoxy) is 2. The van der Waals surface area contributed by atoms with Crippen molar-refractivity contribution in [2.45, 2.75) is 95.1 Å². The molecule has 0 aromatic heterocycles. The van der Waals surface area contributed by atoms with Gasteiger partial charge in [-0.3, -0.25) is 9.69 Å². The summed E-state index contributed by atoms with van der Waals surface area (Å²) in [6, 6.07) is 11.4. The summed E-state index contributed by atoms with van der Waals surface area (Å²) < 4.78 is 57.3. The van der Waals surface area contributed by atoms with Crippen molar-refractivity contribution >= 4 is 33.2 Å². The summed E-state index contributed by atoms with van der Waals surface area (Å²) in [5.74, 6) is 0.266. The zero-order chi connectivity index (χ0) is 38.5. The van der Waals surface area contributed by atoms with Crippen LogP contribution in [0.15, 0.2) is 48.6 Å². The number of amides is 1. The number of hydrogen-bond acceptors (Lipinski definition) is 8. The Morgan fingerprint density at radius 2 is 1.89 bits per heavy atom. The molecule has 3 aliphatic heterocycles. The number of aryl methyl sites for hydroxylation is 1. The van der Waals surface area contributed by atoms with Crippen LogP contribution in [0.2, 0.25) is 5.02 Å². The average Bonchev–Trinajstić information content (AvgIpc) is 3.31. The first kappa shape index (κ1) is 40.9. The van der Waals surface area contributed by atoms with Crippen molar-refractivity contribution in [1.82, 2.24) is 14.9 Å². The van der Waals surface area contributed by atoms with Crippen molar-refractivity contribution in [3.63, 3.8) is 0 Å². The Bertz CT molecular complexity index is 1740. The van der Waals surface area contributed by atoms with Gasteiger partial charge in [0, 0.05) is 56.3 Å². The lowest BCUT2D eigenvalue weighted by atomic mass is 9.63. The smallest absolute Gasteiger partial charge is 0.264 e. The van der Waals surface area contributed by atoms with Crippen molar-refractivity contribution in [1.29, 1.82) is 0 Å². The van der Waals surface area contributed by atoms with Crippen LogP contribution in [0.5, 0.6) is 5.75 Å². The van der Waals surface area contributed by atoms with Crippen LogP contribution in [0.4, 0.5) is 10.1 Å². The molecular weight excluding hydrogens is 727 g/mol. The van der Waals surface area contributed by atoms with Crippen LogP contribution in [0, 0.1) is 17.8 Å². The van der Waals surface area contributed by atoms with E-state index in [9.17, 15) is 17.6 Å². The minimum Gasteiger partial charge on any atom is -0.491 e. The number of nitrogens with zero attached hydrogens (tertiary/aromatic N) is 2. The molecule has 54 heavy (non-hydrogen) atoms. The number of rotatable bonds is 6. The normalized spacial score (nSPS) is 31.9. The number of sulfonamides is 1. The van der Waals surface area contributed by atoms with Crippen molar-refractivity contribution in [2.75, 3.05) is 64.4 Å². The zero-order valence-electron chi connectivity index (χ0n) is 32.5. The lowest BCUT2D eigenvalue weighted by Crippen LogP contribution is -2.57. The highest BCUT2D eigenvalue weighted by Gasteiger charge is 2.48. The fourth-order valence-electron chi connectivity index (χ4n) is 8.93. The summed E-state index contributed by atoms with van der Waals surface area (Å²) in [6.45, 7) is 11.3. The number of fused-ring (bicyclic) bond motifs is 2. The van der Waals surface area contributed by atoms with Crippen LogP contribution >= 0.6 is 11.6 Å². The van der Waals surface area contributed by atoms with Gasteiger partial charge in [-0.1, -0.05) is 50.1 Å². The predicted octanol–water partition coefficient (Wildman–Crippen LogP) is 7.14. The van der Waals surface area contributed by atoms with Crippen molar-refractivity contribution in [3.05, 3.63) is 70.3 Å². The molecule has 7 atom stereocenters. The molecule has 1 saturated heterocycles. The Balaban J connectivity index is 1.40. The zero-order valence-corrected chi connectivity index (χ0v) is 34.1. The number of allylic oxidation sites excluding steroid dienone is 1. The maximum atomic E-state index is 14.5. The molecule has 2 bridgehead atoms. The Hall–Kier alpha value is -2.70. The molecule has 298 valence electrons. The first-order valence-electron chi connectivity index (χ1n) is 20.1. The van der Waals surface area contributed by atoms with Gasteiger partial charge in [-0.15, -0.1) is 0 Å². The average molecular weight is 787 g/mol. The third-order valence-electron chi connectivity index (χ3n) is 12.5. The third-order valence-corrected chi connectivity index (χ3v) is 14.7. The van der Waals surface area contributed by atoms with Crippen molar-refractivity contribution in [3.8, 4) is 5.75 Å². The molecule has 2 aromatic carbocycles. The number of alkyl halides is 1. The molecule has 2 fully saturated rings. The molecule has 0 unspecified atom stereocenters. The van der Waals surface area contributed by atoms with E-state index in [1.807, 2.05) is 13.0 Å². The first-order chi connectivity index (χ1) is 25.9. The van der Waals surface area contributed by atoms with Crippen LogP contribution in [0.25, 0.3) is 0 Å². The second-order valence-electron chi connectivity index (χ2n) is 16.1. The van der Waals surface area contributed by atoms with Crippen molar-refractivity contribution in [2.24, 2.45) is 17.8 Å². The van der Waals surface area contributed by atoms with Gasteiger partial charge in [0.25, 0.3) is 5.91 Å². The number of nitrogens with one attached hydrogen (secondary N) is 2. The molecule has 1 amide bonds. The number of anilines is 1. The van der Waals surface area contributed by atoms with Gasteiger partial charge >= 0.3 is 0 Å². The van der Waals surface area contributed by atoms with E-state index >= 15 is 0 Å². The molecule has 12 heteroatoms. The standard InChI is InChI=1S/C42H60ClFN4O5S/c1-5-8-31-23-35(43)13-14-37(31)34-26-48-25-33-11-15-38(33)42(52-4,28-47-21-7-10-36(44)17-19-45-20-22-47)18-6-9-29(2)30(3)54(50,51)46-41(49)32-12-16-40(53-27-34)39(48)24-32/h6,12-14,16,18,23-24,29-30,33-34,36,38,45H,5,7-11,15,17,19-22,25-28H2,1-4H3,(H,46,49)/b18-6+/t29-,30+,33-,34-,36-,38+,42+/m0/s1. The fourth-order valence-corrected chi connectivity index (χ4v) is 10.4. The highest BCUT2D eigenvalue weighted by atomic mass is 35.5. The number of benzene rings is 2. The molecule has 1 saturated carbocycles. The van der Waals surface area contributed by atoms with E-state index in [0.717, 1.165) is 64.0 Å². The van der Waals surface area contributed by atoms with Gasteiger partial charge in [0.15, 0.2) is 0 Å². The Morgan fingerprint density at radius 3 is 2.65 bits per heavy atom. The van der Waals surface area contributed by atoms with Gasteiger partial charge in [0.1, 0.15) is 17.5 Å². The molecule has 4 aliphatic rings. The molecular formula is C42H60ClFN4O5S. The van der Waals surface area contributed by atoms with Gasteiger partial charge in [0.2, 0.25) is 10.0 Å². The molecule has 9 nitrogen and oxygen atoms in total. The van der Waals surface area contributed by atoms with E-state index in [1.54, 1.807) is 32.2 Å². The SMILES string of the molecule is CCCc1cc(Cl)ccc1[C@@H]1COc2ccc3cc2N(C1)C[C@@H]1CC[C@H]1[C@@](CN1CCC[C@H](F)CCNCC1)(OC)/C=C/C[C@H](C)[C@@H](C)S(=O)(=O)NC3=O. The van der Waals surface area contributed by atoms with Gasteiger partial charge in [0.05, 0.1) is 17.5 Å². The van der Waals surface area contributed by atoms with E-state index < -0.39 is 33.0 Å². The topological polar surface area (TPSA) is 100 Å². The Labute approximate surface area is 327 Å². The number of carbonyl (C=O) groups excluding carboxylic acids is 1. The Morgan fingerprint density at radius 1 is 1.06 bits per heavy atom. The summed E-state index contributed by atoms with van der Waals surface area (Å²) in [7, 11) is -2.19. The second kappa shape index (κ2) is 18.0. The largest absolute Gasteiger partial charge is 0.491 e. The molecule has 6 rings (SSSR count). The van der Waals surface area contributed by atoms with Gasteiger partial charge < -0.3 is 19.7 Å². The fraction of sp³-hybridized carbons (Fsp3) is 0.643. The van der Waals surface area contributed by atoms with Crippen LogP contribution in [0.3, 0.4) is 0 Å². The molecule has 0 spiro atoms. The summed E-state index contributed by atoms with van der Waals surface area (Å²) >= 11 is 6.49. The van der Waals surface area contributed by atoms with Crippen molar-refractivity contribution < 1.29 is 27.1 Å². The van der Waals surface area contributed by atoms with E-state index in [1.165, 1.54) is 11.1 Å². The highest BCUT2D eigenvalue weighted by molar-refractivity contribution is 7.90. The monoisotopic (exact) mass is 786 g/mol. The van der Waals surface area contributed by atoms with Crippen LogP contribution in [-0.2, 0) is 21.2 Å². The first-order valence-corrected chi connectivity index (χ1v) is 22.0. The molecule has 2 aromatic rings. The van der Waals surface area contributed by atoms with E-state index in [0.29, 0.717) is 56.3 Å². The van der Waals surface area contributed by atoms with E-state index in [4.69, 9.17) is 21.1 Å². The van der Waals surface area contributed by atoms with Crippen LogP contribution in [-0.4, -0.2) is 95.8 Å². The third kappa shape index (κ3) is 9.45. The number of carbonyl (C=O) groups is 1. The molecule has 2 N–H and O–H groups in total. The maximum Gasteiger partial charge on any atom is 0.264 e. The van der Waals surface area contributed by atoms with Gasteiger partial charge in [-0.2, -0.15) is 0 Å². The van der Waals surface area contributed by atoms with Crippen LogP contribution < -0.4 is 19.7 Å². The van der Waals surface area contributed by atoms with Crippen LogP contribution in [0.1, 0.15) is 93.1 Å². The quantitative estimate of drug-likeness (QED) is 0.298. The minimum absolute atomic E-state index is 0.0355. The molecule has 1 aliphatic carbocycles. The molecule has 0 radical (unpaired) electrons. The van der Waals surface area contributed by atoms with Gasteiger partial charge in [-0.25, -0.2) is 17.5 Å². The summed E-state index contributed by atoms with van der Waals surface area (Å²) in [5.41, 5.74) is 2.85. The summed E-state index contributed by atoms with van der Waals surface area (Å²) in [5, 5.41) is 3.33. The lowest BCUT2D eigenvalue weighted by molar-refractivity contribution is -0.0916. The summed E-state index contributed by atoms with van der Waals surface area (Å²) in [4.78, 5) is 18.4. The minimum atomic E-state index is -3.99.